The normalized spacial score (nSPS) is 10.9. The van der Waals surface area contributed by atoms with Crippen LogP contribution in [0.3, 0.4) is 0 Å². The fourth-order valence-corrected chi connectivity index (χ4v) is 1.89. The van der Waals surface area contributed by atoms with E-state index in [1.54, 1.807) is 18.2 Å². The molecule has 1 aromatic carbocycles. The standard InChI is InChI=1S/C14H9F3N4O/c15-13-6-5-9(7-18-13)21-8-11(19-20-21)10-3-1-2-4-12(10)22-14(16)17/h1-8,14H. The number of aromatic nitrogens is 4. The molecule has 0 saturated carbocycles. The van der Waals surface area contributed by atoms with Gasteiger partial charge < -0.3 is 4.74 Å². The quantitative estimate of drug-likeness (QED) is 0.695. The molecule has 0 aliphatic heterocycles. The van der Waals surface area contributed by atoms with Gasteiger partial charge in [-0.15, -0.1) is 5.10 Å². The highest BCUT2D eigenvalue weighted by Crippen LogP contribution is 2.29. The monoisotopic (exact) mass is 306 g/mol. The Labute approximate surface area is 123 Å². The van der Waals surface area contributed by atoms with Crippen molar-refractivity contribution in [2.24, 2.45) is 0 Å². The van der Waals surface area contributed by atoms with Crippen LogP contribution in [0.15, 0.2) is 48.8 Å². The second-order valence-electron chi connectivity index (χ2n) is 4.26. The van der Waals surface area contributed by atoms with Crippen LogP contribution in [-0.2, 0) is 0 Å². The number of rotatable bonds is 4. The molecule has 0 aliphatic rings. The van der Waals surface area contributed by atoms with Crippen LogP contribution in [0, 0.1) is 5.95 Å². The van der Waals surface area contributed by atoms with Crippen LogP contribution in [0.5, 0.6) is 5.75 Å². The minimum atomic E-state index is -2.93. The smallest absolute Gasteiger partial charge is 0.387 e. The molecule has 3 aromatic rings. The summed E-state index contributed by atoms with van der Waals surface area (Å²) in [6.45, 7) is -2.93. The molecule has 0 bridgehead atoms. The van der Waals surface area contributed by atoms with Crippen molar-refractivity contribution in [1.29, 1.82) is 0 Å². The third-order valence-corrected chi connectivity index (χ3v) is 2.85. The highest BCUT2D eigenvalue weighted by atomic mass is 19.3. The van der Waals surface area contributed by atoms with E-state index in [1.165, 1.54) is 35.3 Å². The Bertz CT molecular complexity index is 774. The van der Waals surface area contributed by atoms with E-state index in [-0.39, 0.29) is 5.75 Å². The maximum Gasteiger partial charge on any atom is 0.387 e. The molecule has 0 spiro atoms. The molecule has 0 unspecified atom stereocenters. The molecule has 0 fully saturated rings. The van der Waals surface area contributed by atoms with Crippen molar-refractivity contribution in [1.82, 2.24) is 20.0 Å². The topological polar surface area (TPSA) is 52.8 Å². The maximum atomic E-state index is 12.8. The Morgan fingerprint density at radius 1 is 1.09 bits per heavy atom. The Balaban J connectivity index is 1.96. The molecule has 0 radical (unpaired) electrons. The molecule has 3 rings (SSSR count). The molecule has 0 atom stereocenters. The Morgan fingerprint density at radius 3 is 2.64 bits per heavy atom. The highest BCUT2D eigenvalue weighted by molar-refractivity contribution is 5.66. The molecular formula is C14H9F3N4O. The van der Waals surface area contributed by atoms with E-state index in [0.29, 0.717) is 16.9 Å². The zero-order chi connectivity index (χ0) is 15.5. The average Bonchev–Trinajstić information content (AvgIpc) is 2.97. The van der Waals surface area contributed by atoms with Crippen molar-refractivity contribution in [3.8, 4) is 22.7 Å². The fourth-order valence-electron chi connectivity index (χ4n) is 1.89. The second-order valence-corrected chi connectivity index (χ2v) is 4.26. The summed E-state index contributed by atoms with van der Waals surface area (Å²) in [5, 5.41) is 7.79. The number of ether oxygens (including phenoxy) is 1. The van der Waals surface area contributed by atoms with Crippen LogP contribution >= 0.6 is 0 Å². The summed E-state index contributed by atoms with van der Waals surface area (Å²) in [5.74, 6) is -0.610. The molecule has 5 nitrogen and oxygen atoms in total. The van der Waals surface area contributed by atoms with Gasteiger partial charge in [0.05, 0.1) is 18.1 Å². The first kappa shape index (κ1) is 14.1. The lowest BCUT2D eigenvalue weighted by Gasteiger charge is -2.07. The molecule has 0 N–H and O–H groups in total. The summed E-state index contributed by atoms with van der Waals surface area (Å²) in [6.07, 6.45) is 2.80. The van der Waals surface area contributed by atoms with Crippen LogP contribution in [0.25, 0.3) is 16.9 Å². The summed E-state index contributed by atoms with van der Waals surface area (Å²) in [6, 6.07) is 8.92. The predicted octanol–water partition coefficient (Wildman–Crippen LogP) is 3.07. The number of alkyl halides is 2. The SMILES string of the molecule is Fc1ccc(-n2cc(-c3ccccc3OC(F)F)nn2)cn1. The Morgan fingerprint density at radius 2 is 1.91 bits per heavy atom. The van der Waals surface area contributed by atoms with E-state index in [9.17, 15) is 13.2 Å². The molecule has 0 aliphatic carbocycles. The molecule has 2 aromatic heterocycles. The highest BCUT2D eigenvalue weighted by Gasteiger charge is 2.14. The van der Waals surface area contributed by atoms with Crippen molar-refractivity contribution in [2.45, 2.75) is 6.61 Å². The van der Waals surface area contributed by atoms with Crippen molar-refractivity contribution in [3.63, 3.8) is 0 Å². The lowest BCUT2D eigenvalue weighted by Crippen LogP contribution is -2.03. The van der Waals surface area contributed by atoms with Crippen LogP contribution in [0.1, 0.15) is 0 Å². The first-order chi connectivity index (χ1) is 10.6. The summed E-state index contributed by atoms with van der Waals surface area (Å²) in [7, 11) is 0. The number of pyridine rings is 1. The van der Waals surface area contributed by atoms with Gasteiger partial charge in [0.1, 0.15) is 11.4 Å². The average molecular weight is 306 g/mol. The molecule has 0 saturated heterocycles. The van der Waals surface area contributed by atoms with Gasteiger partial charge in [-0.25, -0.2) is 9.67 Å². The summed E-state index contributed by atoms with van der Waals surface area (Å²) < 4.78 is 43.5. The van der Waals surface area contributed by atoms with Crippen molar-refractivity contribution < 1.29 is 17.9 Å². The summed E-state index contributed by atoms with van der Waals surface area (Å²) in [4.78, 5) is 3.52. The van der Waals surface area contributed by atoms with Crippen LogP contribution in [0.4, 0.5) is 13.2 Å². The van der Waals surface area contributed by atoms with Crippen LogP contribution in [0.2, 0.25) is 0 Å². The van der Waals surface area contributed by atoms with Gasteiger partial charge in [-0.05, 0) is 24.3 Å². The number of hydrogen-bond donors (Lipinski definition) is 0. The van der Waals surface area contributed by atoms with E-state index in [2.05, 4.69) is 20.0 Å². The second kappa shape index (κ2) is 5.84. The van der Waals surface area contributed by atoms with Gasteiger partial charge in [0.2, 0.25) is 5.95 Å². The summed E-state index contributed by atoms with van der Waals surface area (Å²) >= 11 is 0. The van der Waals surface area contributed by atoms with E-state index in [0.717, 1.165) is 0 Å². The number of para-hydroxylation sites is 1. The molecule has 112 valence electrons. The molecular weight excluding hydrogens is 297 g/mol. The molecule has 0 amide bonds. The van der Waals surface area contributed by atoms with Gasteiger partial charge in [0.25, 0.3) is 0 Å². The number of nitrogens with zero attached hydrogens (tertiary/aromatic N) is 4. The number of halogens is 3. The van der Waals surface area contributed by atoms with Crippen molar-refractivity contribution in [3.05, 3.63) is 54.7 Å². The Kier molecular flexibility index (Phi) is 3.73. The van der Waals surface area contributed by atoms with E-state index >= 15 is 0 Å². The van der Waals surface area contributed by atoms with Gasteiger partial charge in [0.15, 0.2) is 0 Å². The van der Waals surface area contributed by atoms with Crippen molar-refractivity contribution >= 4 is 0 Å². The van der Waals surface area contributed by atoms with E-state index < -0.39 is 12.6 Å². The largest absolute Gasteiger partial charge is 0.434 e. The van der Waals surface area contributed by atoms with Gasteiger partial charge in [0, 0.05) is 5.56 Å². The first-order valence-electron chi connectivity index (χ1n) is 6.22. The zero-order valence-electron chi connectivity index (χ0n) is 11.0. The first-order valence-corrected chi connectivity index (χ1v) is 6.22. The minimum Gasteiger partial charge on any atom is -0.434 e. The van der Waals surface area contributed by atoms with Gasteiger partial charge >= 0.3 is 6.61 Å². The van der Waals surface area contributed by atoms with Gasteiger partial charge in [-0.2, -0.15) is 13.2 Å². The maximum absolute atomic E-state index is 12.8. The van der Waals surface area contributed by atoms with Gasteiger partial charge in [-0.1, -0.05) is 17.3 Å². The molecule has 8 heteroatoms. The van der Waals surface area contributed by atoms with Crippen LogP contribution in [-0.4, -0.2) is 26.6 Å². The third-order valence-electron chi connectivity index (χ3n) is 2.85. The van der Waals surface area contributed by atoms with Gasteiger partial charge in [-0.3, -0.25) is 0 Å². The Hall–Kier alpha value is -2.90. The lowest BCUT2D eigenvalue weighted by atomic mass is 10.1. The molecule has 22 heavy (non-hydrogen) atoms. The minimum absolute atomic E-state index is 0.00165. The third kappa shape index (κ3) is 2.90. The van der Waals surface area contributed by atoms with E-state index in [1.807, 2.05) is 0 Å². The van der Waals surface area contributed by atoms with Crippen LogP contribution < -0.4 is 4.74 Å². The molecule has 2 heterocycles. The number of hydrogen-bond acceptors (Lipinski definition) is 4. The predicted molar refractivity (Wildman–Crippen MR) is 71.2 cm³/mol. The number of benzene rings is 1. The zero-order valence-corrected chi connectivity index (χ0v) is 11.0. The summed E-state index contributed by atoms with van der Waals surface area (Å²) in [5.41, 5.74) is 1.22. The lowest BCUT2D eigenvalue weighted by molar-refractivity contribution is -0.0494. The fraction of sp³-hybridized carbons (Fsp3) is 0.0714. The van der Waals surface area contributed by atoms with Crippen molar-refractivity contribution in [2.75, 3.05) is 0 Å². The van der Waals surface area contributed by atoms with E-state index in [4.69, 9.17) is 0 Å².